The van der Waals surface area contributed by atoms with Gasteiger partial charge in [-0.3, -0.25) is 0 Å². The third-order valence-corrected chi connectivity index (χ3v) is 5.04. The van der Waals surface area contributed by atoms with Gasteiger partial charge in [0.2, 0.25) is 0 Å². The highest BCUT2D eigenvalue weighted by Crippen LogP contribution is 2.31. The Balaban J connectivity index is 1.95. The lowest BCUT2D eigenvalue weighted by atomic mass is 9.80. The summed E-state index contributed by atoms with van der Waals surface area (Å²) in [5, 5.41) is 13.4. The Bertz CT molecular complexity index is 442. The number of halogens is 1. The van der Waals surface area contributed by atoms with Gasteiger partial charge in [0.15, 0.2) is 0 Å². The Morgan fingerprint density at radius 2 is 1.95 bits per heavy atom. The van der Waals surface area contributed by atoms with Gasteiger partial charge < -0.3 is 15.3 Å². The first-order valence-electron chi connectivity index (χ1n) is 7.39. The maximum absolute atomic E-state index is 9.87. The van der Waals surface area contributed by atoms with Gasteiger partial charge in [-0.25, -0.2) is 0 Å². The van der Waals surface area contributed by atoms with Crippen molar-refractivity contribution in [3.05, 3.63) is 28.2 Å². The van der Waals surface area contributed by atoms with Gasteiger partial charge in [0.25, 0.3) is 0 Å². The first-order valence-corrected chi connectivity index (χ1v) is 8.18. The highest BCUT2D eigenvalue weighted by atomic mass is 79.9. The van der Waals surface area contributed by atoms with E-state index in [1.165, 1.54) is 32.1 Å². The molecule has 0 radical (unpaired) electrons. The number of hydrogen-bond donors (Lipinski definition) is 2. The molecule has 1 aliphatic rings. The molecule has 0 aliphatic heterocycles. The summed E-state index contributed by atoms with van der Waals surface area (Å²) >= 11 is 3.45. The van der Waals surface area contributed by atoms with Crippen LogP contribution in [0.1, 0.15) is 37.7 Å². The van der Waals surface area contributed by atoms with E-state index in [0.717, 1.165) is 16.6 Å². The molecular formula is C16H25BrN2O. The number of rotatable bonds is 5. The number of likely N-dealkylation sites (N-methyl/N-ethyl adjacent to an activating group) is 1. The SMILES string of the molecule is CN(C)C1(CNCc2cc(Br)ccc2O)CCCCC1. The van der Waals surface area contributed by atoms with Crippen LogP contribution in [-0.2, 0) is 6.54 Å². The summed E-state index contributed by atoms with van der Waals surface area (Å²) in [4.78, 5) is 2.37. The fourth-order valence-corrected chi connectivity index (χ4v) is 3.53. The predicted octanol–water partition coefficient (Wildman–Crippen LogP) is 3.51. The zero-order valence-electron chi connectivity index (χ0n) is 12.5. The first kappa shape index (κ1) is 15.8. The lowest BCUT2D eigenvalue weighted by molar-refractivity contribution is 0.0983. The molecule has 112 valence electrons. The monoisotopic (exact) mass is 340 g/mol. The molecule has 0 unspecified atom stereocenters. The van der Waals surface area contributed by atoms with Gasteiger partial charge in [-0.1, -0.05) is 35.2 Å². The van der Waals surface area contributed by atoms with Crippen molar-refractivity contribution in [2.24, 2.45) is 0 Å². The molecule has 1 fully saturated rings. The first-order chi connectivity index (χ1) is 9.53. The predicted molar refractivity (Wildman–Crippen MR) is 87.0 cm³/mol. The molecule has 0 heterocycles. The second-order valence-electron chi connectivity index (χ2n) is 6.06. The molecule has 20 heavy (non-hydrogen) atoms. The fraction of sp³-hybridized carbons (Fsp3) is 0.625. The Hall–Kier alpha value is -0.580. The van der Waals surface area contributed by atoms with E-state index in [1.54, 1.807) is 6.07 Å². The maximum Gasteiger partial charge on any atom is 0.120 e. The molecule has 4 heteroatoms. The Kier molecular flexibility index (Phi) is 5.47. The Morgan fingerprint density at radius 3 is 2.60 bits per heavy atom. The molecule has 1 saturated carbocycles. The minimum absolute atomic E-state index is 0.278. The van der Waals surface area contributed by atoms with Crippen LogP contribution in [0.15, 0.2) is 22.7 Å². The highest BCUT2D eigenvalue weighted by Gasteiger charge is 2.33. The number of nitrogens with zero attached hydrogens (tertiary/aromatic N) is 1. The standard InChI is InChI=1S/C16H25BrN2O/c1-19(2)16(8-4-3-5-9-16)12-18-11-13-10-14(17)6-7-15(13)20/h6-7,10,18,20H,3-5,8-9,11-12H2,1-2H3. The molecule has 0 saturated heterocycles. The maximum atomic E-state index is 9.87. The molecular weight excluding hydrogens is 316 g/mol. The quantitative estimate of drug-likeness (QED) is 0.860. The van der Waals surface area contributed by atoms with E-state index in [0.29, 0.717) is 12.3 Å². The van der Waals surface area contributed by atoms with Crippen LogP contribution in [-0.4, -0.2) is 36.2 Å². The summed E-state index contributed by atoms with van der Waals surface area (Å²) in [7, 11) is 4.37. The van der Waals surface area contributed by atoms with Crippen LogP contribution in [0, 0.1) is 0 Å². The van der Waals surface area contributed by atoms with Crippen LogP contribution in [0.4, 0.5) is 0 Å². The van der Waals surface area contributed by atoms with E-state index in [2.05, 4.69) is 40.2 Å². The van der Waals surface area contributed by atoms with E-state index >= 15 is 0 Å². The number of aromatic hydroxyl groups is 1. The van der Waals surface area contributed by atoms with Crippen molar-refractivity contribution in [3.8, 4) is 5.75 Å². The number of benzene rings is 1. The van der Waals surface area contributed by atoms with Crippen LogP contribution in [0.25, 0.3) is 0 Å². The smallest absolute Gasteiger partial charge is 0.120 e. The van der Waals surface area contributed by atoms with E-state index < -0.39 is 0 Å². The van der Waals surface area contributed by atoms with E-state index in [9.17, 15) is 5.11 Å². The van der Waals surface area contributed by atoms with Crippen LogP contribution in [0.5, 0.6) is 5.75 Å². The molecule has 1 aliphatic carbocycles. The summed E-state index contributed by atoms with van der Waals surface area (Å²) in [6, 6.07) is 5.58. The van der Waals surface area contributed by atoms with Gasteiger partial charge in [-0.15, -0.1) is 0 Å². The summed E-state index contributed by atoms with van der Waals surface area (Å²) in [6.07, 6.45) is 6.53. The third-order valence-electron chi connectivity index (χ3n) is 4.54. The average Bonchev–Trinajstić information content (AvgIpc) is 2.43. The summed E-state index contributed by atoms with van der Waals surface area (Å²) in [5.41, 5.74) is 1.23. The molecule has 0 bridgehead atoms. The zero-order valence-corrected chi connectivity index (χ0v) is 14.0. The third kappa shape index (κ3) is 3.74. The van der Waals surface area contributed by atoms with Crippen LogP contribution in [0.3, 0.4) is 0 Å². The summed E-state index contributed by atoms with van der Waals surface area (Å²) in [6.45, 7) is 1.69. The van der Waals surface area contributed by atoms with E-state index in [-0.39, 0.29) is 5.54 Å². The van der Waals surface area contributed by atoms with E-state index in [1.807, 2.05) is 12.1 Å². The van der Waals surface area contributed by atoms with Crippen LogP contribution < -0.4 is 5.32 Å². The van der Waals surface area contributed by atoms with Crippen molar-refractivity contribution in [2.75, 3.05) is 20.6 Å². The molecule has 1 aromatic rings. The van der Waals surface area contributed by atoms with Gasteiger partial charge >= 0.3 is 0 Å². The number of hydrogen-bond acceptors (Lipinski definition) is 3. The normalized spacial score (nSPS) is 18.4. The Morgan fingerprint density at radius 1 is 1.25 bits per heavy atom. The van der Waals surface area contributed by atoms with Gasteiger partial charge in [-0.2, -0.15) is 0 Å². The van der Waals surface area contributed by atoms with E-state index in [4.69, 9.17) is 0 Å². The minimum Gasteiger partial charge on any atom is -0.508 e. The molecule has 0 amide bonds. The lowest BCUT2D eigenvalue weighted by Gasteiger charge is -2.43. The number of nitrogens with one attached hydrogen (secondary N) is 1. The second-order valence-corrected chi connectivity index (χ2v) is 6.97. The van der Waals surface area contributed by atoms with Gasteiger partial charge in [-0.05, 0) is 45.1 Å². The molecule has 0 atom stereocenters. The molecule has 1 aromatic carbocycles. The topological polar surface area (TPSA) is 35.5 Å². The summed E-state index contributed by atoms with van der Waals surface area (Å²) < 4.78 is 1.01. The van der Waals surface area contributed by atoms with Gasteiger partial charge in [0.05, 0.1) is 0 Å². The molecule has 0 spiro atoms. The molecule has 2 N–H and O–H groups in total. The van der Waals surface area contributed by atoms with Gasteiger partial charge in [0.1, 0.15) is 5.75 Å². The van der Waals surface area contributed by atoms with Crippen molar-refractivity contribution >= 4 is 15.9 Å². The highest BCUT2D eigenvalue weighted by molar-refractivity contribution is 9.10. The summed E-state index contributed by atoms with van der Waals surface area (Å²) in [5.74, 6) is 0.364. The van der Waals surface area contributed by atoms with Crippen molar-refractivity contribution in [2.45, 2.75) is 44.2 Å². The number of phenols is 1. The van der Waals surface area contributed by atoms with Crippen molar-refractivity contribution in [1.29, 1.82) is 0 Å². The van der Waals surface area contributed by atoms with Crippen LogP contribution in [0.2, 0.25) is 0 Å². The zero-order chi connectivity index (χ0) is 14.6. The van der Waals surface area contributed by atoms with Gasteiger partial charge in [0, 0.05) is 28.7 Å². The minimum atomic E-state index is 0.278. The van der Waals surface area contributed by atoms with Crippen molar-refractivity contribution in [1.82, 2.24) is 10.2 Å². The lowest BCUT2D eigenvalue weighted by Crippen LogP contribution is -2.52. The second kappa shape index (κ2) is 6.92. The van der Waals surface area contributed by atoms with Crippen molar-refractivity contribution < 1.29 is 5.11 Å². The molecule has 0 aromatic heterocycles. The largest absolute Gasteiger partial charge is 0.508 e. The number of phenolic OH excluding ortho intramolecular Hbond substituents is 1. The van der Waals surface area contributed by atoms with Crippen molar-refractivity contribution in [3.63, 3.8) is 0 Å². The fourth-order valence-electron chi connectivity index (χ4n) is 3.12. The average molecular weight is 341 g/mol. The molecule has 3 nitrogen and oxygen atoms in total. The molecule has 2 rings (SSSR count). The van der Waals surface area contributed by atoms with Crippen LogP contribution >= 0.6 is 15.9 Å². The Labute approximate surface area is 130 Å².